The zero-order valence-electron chi connectivity index (χ0n) is 18.0. The van der Waals surface area contributed by atoms with E-state index in [4.69, 9.17) is 0 Å². The summed E-state index contributed by atoms with van der Waals surface area (Å²) in [5, 5.41) is 14.6. The van der Waals surface area contributed by atoms with E-state index in [1.54, 1.807) is 11.3 Å². The number of aromatic nitrogens is 3. The first-order valence-electron chi connectivity index (χ1n) is 9.96. The van der Waals surface area contributed by atoms with Crippen LogP contribution in [0.4, 0.5) is 5.69 Å². The lowest BCUT2D eigenvalue weighted by molar-refractivity contribution is -0.113. The lowest BCUT2D eigenvalue weighted by Crippen LogP contribution is -2.14. The standard InChI is InChI=1S/C24H24N4OS2/c1-15-8-10-18(11-9-15)22-17(3)30-13-20(22)23-26-27-24(28(23)4)31-14-21(29)25-19-7-5-6-16(2)12-19/h5-13H,14H2,1-4H3,(H,25,29). The molecule has 0 fully saturated rings. The van der Waals surface area contributed by atoms with Crippen molar-refractivity contribution in [2.24, 2.45) is 7.05 Å². The highest BCUT2D eigenvalue weighted by Crippen LogP contribution is 2.38. The van der Waals surface area contributed by atoms with Crippen LogP contribution in [0.15, 0.2) is 59.1 Å². The summed E-state index contributed by atoms with van der Waals surface area (Å²) in [6, 6.07) is 16.3. The molecule has 4 rings (SSSR count). The average molecular weight is 449 g/mol. The Bertz CT molecular complexity index is 1220. The lowest BCUT2D eigenvalue weighted by Gasteiger charge is -2.08. The predicted molar refractivity (Wildman–Crippen MR) is 130 cm³/mol. The molecule has 0 saturated heterocycles. The fraction of sp³-hybridized carbons (Fsp3) is 0.208. The van der Waals surface area contributed by atoms with Crippen molar-refractivity contribution in [2.75, 3.05) is 11.1 Å². The highest BCUT2D eigenvalue weighted by molar-refractivity contribution is 7.99. The normalized spacial score (nSPS) is 11.0. The van der Waals surface area contributed by atoms with Crippen molar-refractivity contribution < 1.29 is 4.79 Å². The minimum Gasteiger partial charge on any atom is -0.325 e. The van der Waals surface area contributed by atoms with Gasteiger partial charge >= 0.3 is 0 Å². The van der Waals surface area contributed by atoms with Gasteiger partial charge in [0, 0.05) is 34.1 Å². The maximum Gasteiger partial charge on any atom is 0.234 e. The molecular formula is C24H24N4OS2. The fourth-order valence-electron chi connectivity index (χ4n) is 3.42. The molecule has 0 aliphatic carbocycles. The van der Waals surface area contributed by atoms with Crippen LogP contribution in [-0.2, 0) is 11.8 Å². The molecule has 2 aromatic heterocycles. The number of hydrogen-bond acceptors (Lipinski definition) is 5. The molecule has 2 heterocycles. The molecule has 2 aromatic carbocycles. The van der Waals surface area contributed by atoms with Crippen molar-refractivity contribution in [3.8, 4) is 22.5 Å². The van der Waals surface area contributed by atoms with E-state index >= 15 is 0 Å². The Kier molecular flexibility index (Phi) is 6.25. The lowest BCUT2D eigenvalue weighted by atomic mass is 10.0. The first-order chi connectivity index (χ1) is 14.9. The maximum absolute atomic E-state index is 12.4. The van der Waals surface area contributed by atoms with Crippen LogP contribution in [0.2, 0.25) is 0 Å². The third-order valence-corrected chi connectivity index (χ3v) is 6.96. The average Bonchev–Trinajstić information content (AvgIpc) is 3.29. The maximum atomic E-state index is 12.4. The molecule has 0 radical (unpaired) electrons. The van der Waals surface area contributed by atoms with E-state index in [0.717, 1.165) is 22.6 Å². The second kappa shape index (κ2) is 9.08. The van der Waals surface area contributed by atoms with Gasteiger partial charge in [-0.25, -0.2) is 0 Å². The van der Waals surface area contributed by atoms with Crippen LogP contribution < -0.4 is 5.32 Å². The molecule has 31 heavy (non-hydrogen) atoms. The number of nitrogens with zero attached hydrogens (tertiary/aromatic N) is 3. The van der Waals surface area contributed by atoms with E-state index in [2.05, 4.69) is 59.0 Å². The van der Waals surface area contributed by atoms with E-state index in [-0.39, 0.29) is 11.7 Å². The number of carbonyl (C=O) groups excluding carboxylic acids is 1. The Hall–Kier alpha value is -2.90. The molecule has 0 bridgehead atoms. The first-order valence-corrected chi connectivity index (χ1v) is 11.8. The Morgan fingerprint density at radius 1 is 1.06 bits per heavy atom. The monoisotopic (exact) mass is 448 g/mol. The minimum atomic E-state index is -0.0631. The molecule has 0 aliphatic rings. The van der Waals surface area contributed by atoms with Crippen LogP contribution in [0.3, 0.4) is 0 Å². The predicted octanol–water partition coefficient (Wildman–Crippen LogP) is 5.87. The number of benzene rings is 2. The summed E-state index contributed by atoms with van der Waals surface area (Å²) < 4.78 is 1.96. The molecule has 158 valence electrons. The minimum absolute atomic E-state index is 0.0631. The number of amides is 1. The molecule has 0 unspecified atom stereocenters. The van der Waals surface area contributed by atoms with Gasteiger partial charge in [0.25, 0.3) is 0 Å². The third kappa shape index (κ3) is 4.73. The summed E-state index contributed by atoms with van der Waals surface area (Å²) in [5.74, 6) is 1.02. The second-order valence-corrected chi connectivity index (χ2v) is 9.54. The van der Waals surface area contributed by atoms with Gasteiger partial charge in [-0.1, -0.05) is 53.7 Å². The molecule has 1 amide bonds. The quantitative estimate of drug-likeness (QED) is 0.375. The van der Waals surface area contributed by atoms with Gasteiger partial charge in [0.15, 0.2) is 11.0 Å². The van der Waals surface area contributed by atoms with E-state index in [1.807, 2.05) is 42.8 Å². The van der Waals surface area contributed by atoms with Crippen LogP contribution in [0.5, 0.6) is 0 Å². The summed E-state index contributed by atoms with van der Waals surface area (Å²) >= 11 is 3.10. The smallest absolute Gasteiger partial charge is 0.234 e. The number of thiophene rings is 1. The van der Waals surface area contributed by atoms with Gasteiger partial charge in [0.1, 0.15) is 0 Å². The van der Waals surface area contributed by atoms with E-state index in [9.17, 15) is 4.79 Å². The SMILES string of the molecule is Cc1ccc(-c2c(-c3nnc(SCC(=O)Nc4cccc(C)c4)n3C)csc2C)cc1. The summed E-state index contributed by atoms with van der Waals surface area (Å²) in [4.78, 5) is 13.6. The van der Waals surface area contributed by atoms with Crippen molar-refractivity contribution in [2.45, 2.75) is 25.9 Å². The largest absolute Gasteiger partial charge is 0.325 e. The Labute approximate surface area is 190 Å². The number of hydrogen-bond donors (Lipinski definition) is 1. The van der Waals surface area contributed by atoms with Crippen molar-refractivity contribution >= 4 is 34.7 Å². The molecular weight excluding hydrogens is 424 g/mol. The highest BCUT2D eigenvalue weighted by atomic mass is 32.2. The van der Waals surface area contributed by atoms with Gasteiger partial charge in [0.05, 0.1) is 5.75 Å². The van der Waals surface area contributed by atoms with Crippen LogP contribution in [0.1, 0.15) is 16.0 Å². The van der Waals surface area contributed by atoms with Gasteiger partial charge < -0.3 is 9.88 Å². The molecule has 0 atom stereocenters. The fourth-order valence-corrected chi connectivity index (χ4v) is 5.00. The number of rotatable bonds is 6. The number of aryl methyl sites for hydroxylation is 3. The second-order valence-electron chi connectivity index (χ2n) is 7.52. The number of carbonyl (C=O) groups is 1. The molecule has 5 nitrogen and oxygen atoms in total. The van der Waals surface area contributed by atoms with Crippen LogP contribution in [0, 0.1) is 20.8 Å². The van der Waals surface area contributed by atoms with Gasteiger partial charge in [0.2, 0.25) is 5.91 Å². The Morgan fingerprint density at radius 2 is 1.84 bits per heavy atom. The summed E-state index contributed by atoms with van der Waals surface area (Å²) in [6.45, 7) is 6.22. The molecule has 0 aliphatic heterocycles. The Balaban J connectivity index is 1.51. The number of thioether (sulfide) groups is 1. The third-order valence-electron chi connectivity index (χ3n) is 5.03. The summed E-state index contributed by atoms with van der Waals surface area (Å²) in [5.41, 5.74) is 6.58. The summed E-state index contributed by atoms with van der Waals surface area (Å²) in [6.07, 6.45) is 0. The Morgan fingerprint density at radius 3 is 2.58 bits per heavy atom. The van der Waals surface area contributed by atoms with Crippen molar-refractivity contribution in [1.82, 2.24) is 14.8 Å². The van der Waals surface area contributed by atoms with Crippen LogP contribution in [-0.4, -0.2) is 26.4 Å². The zero-order chi connectivity index (χ0) is 22.0. The van der Waals surface area contributed by atoms with E-state index in [0.29, 0.717) is 5.16 Å². The van der Waals surface area contributed by atoms with Crippen LogP contribution in [0.25, 0.3) is 22.5 Å². The van der Waals surface area contributed by atoms with Gasteiger partial charge in [-0.3, -0.25) is 4.79 Å². The highest BCUT2D eigenvalue weighted by Gasteiger charge is 2.19. The molecule has 7 heteroatoms. The number of anilines is 1. The number of nitrogens with one attached hydrogen (secondary N) is 1. The van der Waals surface area contributed by atoms with Gasteiger partial charge in [-0.05, 0) is 44.0 Å². The topological polar surface area (TPSA) is 59.8 Å². The molecule has 0 saturated carbocycles. The van der Waals surface area contributed by atoms with Gasteiger partial charge in [-0.2, -0.15) is 0 Å². The zero-order valence-corrected chi connectivity index (χ0v) is 19.6. The molecule has 4 aromatic rings. The molecule has 1 N–H and O–H groups in total. The van der Waals surface area contributed by atoms with E-state index in [1.165, 1.54) is 33.3 Å². The van der Waals surface area contributed by atoms with E-state index < -0.39 is 0 Å². The summed E-state index contributed by atoms with van der Waals surface area (Å²) in [7, 11) is 1.95. The van der Waals surface area contributed by atoms with Gasteiger partial charge in [-0.15, -0.1) is 21.5 Å². The van der Waals surface area contributed by atoms with Crippen molar-refractivity contribution in [1.29, 1.82) is 0 Å². The first kappa shape index (κ1) is 21.3. The van der Waals surface area contributed by atoms with Crippen LogP contribution >= 0.6 is 23.1 Å². The molecule has 0 spiro atoms. The van der Waals surface area contributed by atoms with Crippen molar-refractivity contribution in [3.63, 3.8) is 0 Å². The van der Waals surface area contributed by atoms with Crippen molar-refractivity contribution in [3.05, 3.63) is 69.9 Å².